The molecule has 2 aromatic rings. The summed E-state index contributed by atoms with van der Waals surface area (Å²) in [7, 11) is 0. The first-order chi connectivity index (χ1) is 9.99. The van der Waals surface area contributed by atoms with Gasteiger partial charge in [-0.05, 0) is 18.2 Å². The molecule has 5 nitrogen and oxygen atoms in total. The van der Waals surface area contributed by atoms with Crippen molar-refractivity contribution in [2.45, 2.75) is 10.3 Å². The van der Waals surface area contributed by atoms with Gasteiger partial charge in [0.2, 0.25) is 0 Å². The minimum atomic E-state index is -0.582. The molecule has 2 heterocycles. The summed E-state index contributed by atoms with van der Waals surface area (Å²) < 4.78 is 0. The van der Waals surface area contributed by atoms with Crippen molar-refractivity contribution in [3.8, 4) is 0 Å². The van der Waals surface area contributed by atoms with E-state index in [1.807, 2.05) is 0 Å². The number of anilines is 2. The fourth-order valence-electron chi connectivity index (χ4n) is 2.22. The molecule has 0 saturated carbocycles. The van der Waals surface area contributed by atoms with Crippen LogP contribution in [0.1, 0.15) is 10.9 Å². The lowest BCUT2D eigenvalue weighted by Gasteiger charge is -2.24. The van der Waals surface area contributed by atoms with Crippen LogP contribution in [0.4, 0.5) is 16.2 Å². The number of carbonyl (C=O) groups excluding carboxylic acids is 1. The highest BCUT2D eigenvalue weighted by Gasteiger charge is 2.37. The van der Waals surface area contributed by atoms with E-state index in [0.29, 0.717) is 27.0 Å². The maximum atomic E-state index is 11.8. The molecule has 1 aromatic carbocycles. The van der Waals surface area contributed by atoms with Gasteiger partial charge in [-0.2, -0.15) is 0 Å². The lowest BCUT2D eigenvalue weighted by molar-refractivity contribution is 0.253. The summed E-state index contributed by atoms with van der Waals surface area (Å²) in [6.07, 6.45) is 3.28. The summed E-state index contributed by atoms with van der Waals surface area (Å²) in [4.78, 5) is 18.2. The molecule has 4 N–H and O–H groups in total. The summed E-state index contributed by atoms with van der Waals surface area (Å²) in [6, 6.07) is 4.35. The van der Waals surface area contributed by atoms with Crippen LogP contribution < -0.4 is 16.4 Å². The topological polar surface area (TPSA) is 85.2 Å². The molecular weight excluding hydrogens is 331 g/mol. The Hall–Kier alpha value is -1.63. The molecule has 0 spiro atoms. The van der Waals surface area contributed by atoms with Crippen LogP contribution in [-0.4, -0.2) is 11.0 Å². The molecule has 8 heteroatoms. The van der Waals surface area contributed by atoms with E-state index >= 15 is 0 Å². The number of nitrogens with two attached hydrogens (primary N) is 2. The number of hydrogen-bond acceptors (Lipinski definition) is 4. The van der Waals surface area contributed by atoms with Crippen LogP contribution >= 0.6 is 35.0 Å². The number of halogens is 2. The molecule has 108 valence electrons. The van der Waals surface area contributed by atoms with Gasteiger partial charge >= 0.3 is 6.03 Å². The first kappa shape index (κ1) is 14.3. The quantitative estimate of drug-likeness (QED) is 0.775. The molecule has 1 aromatic heterocycles. The second-order valence-electron chi connectivity index (χ2n) is 4.42. The summed E-state index contributed by atoms with van der Waals surface area (Å²) in [5.74, 6) is 0. The zero-order valence-electron chi connectivity index (χ0n) is 10.6. The van der Waals surface area contributed by atoms with Gasteiger partial charge in [0, 0.05) is 23.6 Å². The number of rotatable bonds is 1. The van der Waals surface area contributed by atoms with Crippen LogP contribution in [0.25, 0.3) is 0 Å². The van der Waals surface area contributed by atoms with Crippen molar-refractivity contribution in [1.29, 1.82) is 0 Å². The van der Waals surface area contributed by atoms with Crippen LogP contribution in [0.15, 0.2) is 35.5 Å². The van der Waals surface area contributed by atoms with Crippen LogP contribution in [0, 0.1) is 0 Å². The number of amides is 2. The molecule has 1 aliphatic rings. The standard InChI is InChI=1S/C13H10Cl2N4OS/c14-7-3-6(16)4-8(15)11(7)12-19(13(17)20)9-1-2-18-5-10(9)21-12/h1-5,12H,16H2,(H2,17,20). The Kier molecular flexibility index (Phi) is 3.61. The van der Waals surface area contributed by atoms with Crippen LogP contribution in [0.5, 0.6) is 0 Å². The molecule has 1 unspecified atom stereocenters. The molecular formula is C13H10Cl2N4OS. The van der Waals surface area contributed by atoms with Gasteiger partial charge in [-0.15, -0.1) is 0 Å². The van der Waals surface area contributed by atoms with E-state index in [1.54, 1.807) is 30.6 Å². The summed E-state index contributed by atoms with van der Waals surface area (Å²) in [6.45, 7) is 0. The highest BCUT2D eigenvalue weighted by molar-refractivity contribution is 8.00. The number of benzene rings is 1. The summed E-state index contributed by atoms with van der Waals surface area (Å²) >= 11 is 13.9. The number of primary amides is 1. The van der Waals surface area contributed by atoms with E-state index in [9.17, 15) is 4.79 Å². The van der Waals surface area contributed by atoms with Gasteiger partial charge in [-0.3, -0.25) is 9.88 Å². The SMILES string of the molecule is NC(=O)N1c2ccncc2SC1c1c(Cl)cc(N)cc1Cl. The van der Waals surface area contributed by atoms with E-state index in [4.69, 9.17) is 34.7 Å². The van der Waals surface area contributed by atoms with E-state index in [0.717, 1.165) is 4.90 Å². The highest BCUT2D eigenvalue weighted by atomic mass is 35.5. The normalized spacial score (nSPS) is 16.9. The van der Waals surface area contributed by atoms with Crippen molar-refractivity contribution in [3.05, 3.63) is 46.2 Å². The number of carbonyl (C=O) groups is 1. The Morgan fingerprint density at radius 2 is 2.00 bits per heavy atom. The summed E-state index contributed by atoms with van der Waals surface area (Å²) in [5, 5.41) is 0.344. The van der Waals surface area contributed by atoms with Crippen molar-refractivity contribution in [2.75, 3.05) is 10.6 Å². The van der Waals surface area contributed by atoms with Gasteiger partial charge in [0.25, 0.3) is 0 Å². The maximum Gasteiger partial charge on any atom is 0.320 e. The number of nitrogens with zero attached hydrogens (tertiary/aromatic N) is 2. The molecule has 1 atom stereocenters. The fraction of sp³-hybridized carbons (Fsp3) is 0.0769. The van der Waals surface area contributed by atoms with Gasteiger partial charge in [-0.1, -0.05) is 35.0 Å². The molecule has 1 aliphatic heterocycles. The van der Waals surface area contributed by atoms with E-state index < -0.39 is 11.4 Å². The first-order valence-corrected chi connectivity index (χ1v) is 7.56. The number of nitrogen functional groups attached to an aromatic ring is 1. The second kappa shape index (κ2) is 5.29. The Morgan fingerprint density at radius 3 is 2.62 bits per heavy atom. The van der Waals surface area contributed by atoms with Gasteiger partial charge in [-0.25, -0.2) is 4.79 Å². The lowest BCUT2D eigenvalue weighted by atomic mass is 10.1. The van der Waals surface area contributed by atoms with Crippen LogP contribution in [-0.2, 0) is 0 Å². The minimum Gasteiger partial charge on any atom is -0.399 e. The number of thioether (sulfide) groups is 1. The van der Waals surface area contributed by atoms with Gasteiger partial charge in [0.15, 0.2) is 0 Å². The Morgan fingerprint density at radius 1 is 1.33 bits per heavy atom. The van der Waals surface area contributed by atoms with E-state index in [1.165, 1.54) is 16.7 Å². The molecule has 0 bridgehead atoms. The van der Waals surface area contributed by atoms with Gasteiger partial charge < -0.3 is 11.5 Å². The molecule has 0 saturated heterocycles. The monoisotopic (exact) mass is 340 g/mol. The van der Waals surface area contributed by atoms with Gasteiger partial charge in [0.1, 0.15) is 5.37 Å². The number of fused-ring (bicyclic) bond motifs is 1. The van der Waals surface area contributed by atoms with E-state index in [2.05, 4.69) is 4.98 Å². The van der Waals surface area contributed by atoms with Gasteiger partial charge in [0.05, 0.1) is 20.6 Å². The van der Waals surface area contributed by atoms with Crippen LogP contribution in [0.3, 0.4) is 0 Å². The predicted molar refractivity (Wildman–Crippen MR) is 85.8 cm³/mol. The third kappa shape index (κ3) is 2.39. The maximum absolute atomic E-state index is 11.8. The van der Waals surface area contributed by atoms with Crippen molar-refractivity contribution in [1.82, 2.24) is 4.98 Å². The van der Waals surface area contributed by atoms with Crippen molar-refractivity contribution < 1.29 is 4.79 Å². The first-order valence-electron chi connectivity index (χ1n) is 5.93. The molecule has 3 rings (SSSR count). The Balaban J connectivity index is 2.14. The molecule has 2 amide bonds. The predicted octanol–water partition coefficient (Wildman–Crippen LogP) is 3.66. The largest absolute Gasteiger partial charge is 0.399 e. The molecule has 0 radical (unpaired) electrons. The summed E-state index contributed by atoms with van der Waals surface area (Å²) in [5.41, 5.74) is 13.0. The van der Waals surface area contributed by atoms with Crippen molar-refractivity contribution >= 4 is 52.4 Å². The average molecular weight is 341 g/mol. The zero-order valence-corrected chi connectivity index (χ0v) is 12.9. The molecule has 0 aliphatic carbocycles. The number of urea groups is 1. The zero-order chi connectivity index (χ0) is 15.1. The van der Waals surface area contributed by atoms with Crippen molar-refractivity contribution in [2.24, 2.45) is 5.73 Å². The second-order valence-corrected chi connectivity index (χ2v) is 6.36. The molecule has 0 fully saturated rings. The molecule has 21 heavy (non-hydrogen) atoms. The Labute approximate surface area is 135 Å². The third-order valence-corrected chi connectivity index (χ3v) is 4.94. The number of aromatic nitrogens is 1. The number of hydrogen-bond donors (Lipinski definition) is 2. The number of pyridine rings is 1. The van der Waals surface area contributed by atoms with Crippen LogP contribution in [0.2, 0.25) is 10.0 Å². The highest BCUT2D eigenvalue weighted by Crippen LogP contribution is 2.53. The Bertz CT molecular complexity index is 717. The minimum absolute atomic E-state index is 0.393. The lowest BCUT2D eigenvalue weighted by Crippen LogP contribution is -2.35. The van der Waals surface area contributed by atoms with Crippen molar-refractivity contribution in [3.63, 3.8) is 0 Å². The van der Waals surface area contributed by atoms with E-state index in [-0.39, 0.29) is 0 Å². The smallest absolute Gasteiger partial charge is 0.320 e. The fourth-order valence-corrected chi connectivity index (χ4v) is 4.41. The average Bonchev–Trinajstić information content (AvgIpc) is 2.76. The third-order valence-electron chi connectivity index (χ3n) is 3.08.